The van der Waals surface area contributed by atoms with Crippen LogP contribution >= 0.6 is 0 Å². The highest BCUT2D eigenvalue weighted by molar-refractivity contribution is 7.90. The lowest BCUT2D eigenvalue weighted by molar-refractivity contribution is -0.142. The van der Waals surface area contributed by atoms with Gasteiger partial charge in [0.1, 0.15) is 6.61 Å². The van der Waals surface area contributed by atoms with E-state index in [4.69, 9.17) is 10.4 Å². The fraction of sp³-hybridized carbons (Fsp3) is 0.750. The van der Waals surface area contributed by atoms with Gasteiger partial charge in [0.15, 0.2) is 5.25 Å². The number of ether oxygens (including phenoxy) is 1. The summed E-state index contributed by atoms with van der Waals surface area (Å²) >= 11 is 0. The first-order valence-corrected chi connectivity index (χ1v) is 6.16. The van der Waals surface area contributed by atoms with Crippen molar-refractivity contribution in [1.82, 2.24) is 4.72 Å². The van der Waals surface area contributed by atoms with Gasteiger partial charge in [-0.15, -0.1) is 0 Å². The monoisotopic (exact) mass is 250 g/mol. The van der Waals surface area contributed by atoms with Gasteiger partial charge in [-0.3, -0.25) is 0 Å². The molecule has 0 saturated carbocycles. The van der Waals surface area contributed by atoms with Gasteiger partial charge in [0.05, 0.1) is 12.7 Å². The Morgan fingerprint density at radius 3 is 2.69 bits per heavy atom. The van der Waals surface area contributed by atoms with Crippen molar-refractivity contribution in [2.75, 3.05) is 19.8 Å². The first kappa shape index (κ1) is 14.8. The number of nitriles is 1. The first-order valence-electron chi connectivity index (χ1n) is 4.61. The molecule has 0 aliphatic carbocycles. The molecule has 0 amide bonds. The standard InChI is InChI=1S/C8H14N2O5S/c1-2-7(5-9)16(13,14)10-3-4-15-6-8(11)12/h7,10H,2-4,6H2,1H3,(H,11,12). The summed E-state index contributed by atoms with van der Waals surface area (Å²) in [6.45, 7) is 1.02. The average molecular weight is 250 g/mol. The predicted octanol–water partition coefficient (Wildman–Crippen LogP) is -0.691. The van der Waals surface area contributed by atoms with Crippen LogP contribution in [0.2, 0.25) is 0 Å². The van der Waals surface area contributed by atoms with Crippen molar-refractivity contribution in [1.29, 1.82) is 5.26 Å². The van der Waals surface area contributed by atoms with Crippen LogP contribution in [0.1, 0.15) is 13.3 Å². The molecule has 7 nitrogen and oxygen atoms in total. The third-order valence-electron chi connectivity index (χ3n) is 1.66. The Balaban J connectivity index is 3.93. The zero-order valence-corrected chi connectivity index (χ0v) is 9.66. The number of carboxylic acid groups (broad SMARTS) is 1. The molecular formula is C8H14N2O5S. The predicted molar refractivity (Wildman–Crippen MR) is 55.1 cm³/mol. The van der Waals surface area contributed by atoms with E-state index in [1.54, 1.807) is 13.0 Å². The number of rotatable bonds is 8. The molecule has 0 aliphatic heterocycles. The van der Waals surface area contributed by atoms with Crippen LogP contribution in [-0.2, 0) is 19.6 Å². The Morgan fingerprint density at radius 1 is 1.62 bits per heavy atom. The lowest BCUT2D eigenvalue weighted by Crippen LogP contribution is -2.35. The lowest BCUT2D eigenvalue weighted by atomic mass is 10.4. The maximum Gasteiger partial charge on any atom is 0.329 e. The van der Waals surface area contributed by atoms with Gasteiger partial charge in [-0.05, 0) is 6.42 Å². The second-order valence-electron chi connectivity index (χ2n) is 2.91. The maximum atomic E-state index is 11.4. The fourth-order valence-corrected chi connectivity index (χ4v) is 2.04. The van der Waals surface area contributed by atoms with Crippen LogP contribution in [0.3, 0.4) is 0 Å². The average Bonchev–Trinajstić information content (AvgIpc) is 2.17. The molecule has 0 saturated heterocycles. The molecule has 0 aromatic heterocycles. The van der Waals surface area contributed by atoms with Crippen molar-refractivity contribution in [3.05, 3.63) is 0 Å². The van der Waals surface area contributed by atoms with Crippen molar-refractivity contribution in [3.63, 3.8) is 0 Å². The molecule has 0 heterocycles. The number of nitrogens with one attached hydrogen (secondary N) is 1. The van der Waals surface area contributed by atoms with E-state index in [0.717, 1.165) is 0 Å². The SMILES string of the molecule is CCC(C#N)S(=O)(=O)NCCOCC(=O)O. The molecule has 8 heteroatoms. The minimum absolute atomic E-state index is 0.0478. The van der Waals surface area contributed by atoms with E-state index in [1.165, 1.54) is 0 Å². The second-order valence-corrected chi connectivity index (χ2v) is 4.86. The van der Waals surface area contributed by atoms with Crippen molar-refractivity contribution in [3.8, 4) is 6.07 Å². The van der Waals surface area contributed by atoms with Gasteiger partial charge in [0.2, 0.25) is 10.0 Å². The molecular weight excluding hydrogens is 236 g/mol. The summed E-state index contributed by atoms with van der Waals surface area (Å²) in [6, 6.07) is 1.67. The zero-order valence-electron chi connectivity index (χ0n) is 8.84. The van der Waals surface area contributed by atoms with E-state index >= 15 is 0 Å². The molecule has 0 fully saturated rings. The lowest BCUT2D eigenvalue weighted by Gasteiger charge is -2.09. The highest BCUT2D eigenvalue weighted by atomic mass is 32.2. The zero-order chi connectivity index (χ0) is 12.6. The number of nitrogens with zero attached hydrogens (tertiary/aromatic N) is 1. The van der Waals surface area contributed by atoms with Crippen LogP contribution < -0.4 is 4.72 Å². The number of carboxylic acids is 1. The molecule has 0 bridgehead atoms. The van der Waals surface area contributed by atoms with Crippen molar-refractivity contribution >= 4 is 16.0 Å². The van der Waals surface area contributed by atoms with Crippen LogP contribution in [-0.4, -0.2) is 44.5 Å². The summed E-state index contributed by atoms with van der Waals surface area (Å²) in [4.78, 5) is 10.1. The molecule has 92 valence electrons. The molecule has 1 atom stereocenters. The summed E-state index contributed by atoms with van der Waals surface area (Å²) in [5.74, 6) is -1.12. The summed E-state index contributed by atoms with van der Waals surface area (Å²) in [5, 5.41) is 15.7. The molecule has 2 N–H and O–H groups in total. The fourth-order valence-electron chi connectivity index (χ4n) is 0.896. The van der Waals surface area contributed by atoms with Gasteiger partial charge >= 0.3 is 5.97 Å². The summed E-state index contributed by atoms with van der Waals surface area (Å²) in [7, 11) is -3.66. The van der Waals surface area contributed by atoms with E-state index in [2.05, 4.69) is 9.46 Å². The third kappa shape index (κ3) is 5.65. The quantitative estimate of drug-likeness (QED) is 0.551. The number of aliphatic carboxylic acids is 1. The highest BCUT2D eigenvalue weighted by Crippen LogP contribution is 2.01. The molecule has 0 radical (unpaired) electrons. The van der Waals surface area contributed by atoms with Gasteiger partial charge in [-0.1, -0.05) is 6.92 Å². The Labute approximate surface area is 94.1 Å². The van der Waals surface area contributed by atoms with Gasteiger partial charge < -0.3 is 9.84 Å². The van der Waals surface area contributed by atoms with Crippen molar-refractivity contribution < 1.29 is 23.1 Å². The maximum absolute atomic E-state index is 11.4. The van der Waals surface area contributed by atoms with Crippen molar-refractivity contribution in [2.45, 2.75) is 18.6 Å². The van der Waals surface area contributed by atoms with Crippen molar-refractivity contribution in [2.24, 2.45) is 0 Å². The molecule has 1 unspecified atom stereocenters. The van der Waals surface area contributed by atoms with E-state index in [1.807, 2.05) is 0 Å². The number of hydrogen-bond acceptors (Lipinski definition) is 5. The molecule has 0 spiro atoms. The summed E-state index contributed by atoms with van der Waals surface area (Å²) in [6.07, 6.45) is 0.196. The largest absolute Gasteiger partial charge is 0.480 e. The molecule has 0 rings (SSSR count). The second kappa shape index (κ2) is 7.16. The molecule has 0 aromatic carbocycles. The topological polar surface area (TPSA) is 116 Å². The molecule has 16 heavy (non-hydrogen) atoms. The minimum Gasteiger partial charge on any atom is -0.480 e. The van der Waals surface area contributed by atoms with Gasteiger partial charge in [-0.25, -0.2) is 17.9 Å². The smallest absolute Gasteiger partial charge is 0.329 e. The van der Waals surface area contributed by atoms with Crippen LogP contribution in [0.5, 0.6) is 0 Å². The Hall–Kier alpha value is -1.17. The van der Waals surface area contributed by atoms with Crippen LogP contribution in [0.4, 0.5) is 0 Å². The number of carbonyl (C=O) groups is 1. The number of sulfonamides is 1. The first-order chi connectivity index (χ1) is 7.44. The molecule has 0 aromatic rings. The number of hydrogen-bond donors (Lipinski definition) is 2. The summed E-state index contributed by atoms with van der Waals surface area (Å²) in [5.41, 5.74) is 0. The van der Waals surface area contributed by atoms with Gasteiger partial charge in [0.25, 0.3) is 0 Å². The van der Waals surface area contributed by atoms with Crippen LogP contribution in [0.15, 0.2) is 0 Å². The Kier molecular flexibility index (Phi) is 6.64. The van der Waals surface area contributed by atoms with E-state index in [-0.39, 0.29) is 19.6 Å². The highest BCUT2D eigenvalue weighted by Gasteiger charge is 2.22. The Morgan fingerprint density at radius 2 is 2.25 bits per heavy atom. The van der Waals surface area contributed by atoms with E-state index < -0.39 is 27.8 Å². The van der Waals surface area contributed by atoms with E-state index in [0.29, 0.717) is 0 Å². The normalized spacial score (nSPS) is 13.0. The third-order valence-corrected chi connectivity index (χ3v) is 3.46. The van der Waals surface area contributed by atoms with E-state index in [9.17, 15) is 13.2 Å². The van der Waals surface area contributed by atoms with Crippen LogP contribution in [0.25, 0.3) is 0 Å². The molecule has 0 aliphatic rings. The van der Waals surface area contributed by atoms with Gasteiger partial charge in [0, 0.05) is 6.54 Å². The van der Waals surface area contributed by atoms with Gasteiger partial charge in [-0.2, -0.15) is 5.26 Å². The minimum atomic E-state index is -3.66. The summed E-state index contributed by atoms with van der Waals surface area (Å²) < 4.78 is 29.6. The Bertz CT molecular complexity index is 359. The van der Waals surface area contributed by atoms with Crippen LogP contribution in [0, 0.1) is 11.3 Å².